The molecule has 0 aromatic heterocycles. The fraction of sp³-hybridized carbons (Fsp3) is 0.118. The van der Waals surface area contributed by atoms with Crippen molar-refractivity contribution in [2.45, 2.75) is 6.61 Å². The molecule has 2 N–H and O–H groups in total. The molecule has 0 aliphatic rings. The zero-order valence-corrected chi connectivity index (χ0v) is 13.5. The second kappa shape index (κ2) is 8.33. The van der Waals surface area contributed by atoms with Crippen molar-refractivity contribution in [3.05, 3.63) is 63.6 Å². The number of hydrogen-bond acceptors (Lipinski definition) is 3. The molecule has 118 valence electrons. The van der Waals surface area contributed by atoms with E-state index >= 15 is 0 Å². The Morgan fingerprint density at radius 3 is 2.65 bits per heavy atom. The van der Waals surface area contributed by atoms with Crippen LogP contribution in [0.25, 0.3) is 0 Å². The highest BCUT2D eigenvalue weighted by Crippen LogP contribution is 2.29. The molecule has 0 fully saturated rings. The first-order valence-electron chi connectivity index (χ1n) is 6.67. The minimum atomic E-state index is -0.557. The summed E-state index contributed by atoms with van der Waals surface area (Å²) < 4.78 is 5.04. The third kappa shape index (κ3) is 5.41. The maximum Gasteiger partial charge on any atom is 0.408 e. The van der Waals surface area contributed by atoms with E-state index in [0.29, 0.717) is 5.56 Å². The number of carbonyl (C=O) groups is 1. The van der Waals surface area contributed by atoms with Crippen molar-refractivity contribution in [1.82, 2.24) is 5.32 Å². The Kier molecular flexibility index (Phi) is 6.16. The Bertz CT molecular complexity index is 752. The van der Waals surface area contributed by atoms with Crippen LogP contribution in [-0.4, -0.2) is 17.7 Å². The molecule has 0 atom stereocenters. The first-order chi connectivity index (χ1) is 11.1. The molecular weight excluding hydrogens is 337 g/mol. The van der Waals surface area contributed by atoms with Gasteiger partial charge in [-0.05, 0) is 11.6 Å². The van der Waals surface area contributed by atoms with Crippen molar-refractivity contribution in [3.8, 4) is 17.6 Å². The molecule has 0 radical (unpaired) electrons. The van der Waals surface area contributed by atoms with Gasteiger partial charge in [0, 0.05) is 11.6 Å². The van der Waals surface area contributed by atoms with Crippen LogP contribution in [-0.2, 0) is 11.3 Å². The number of nitrogens with one attached hydrogen (secondary N) is 1. The van der Waals surface area contributed by atoms with Crippen LogP contribution in [0.15, 0.2) is 42.5 Å². The average Bonchev–Trinajstić information content (AvgIpc) is 2.55. The first kappa shape index (κ1) is 17.0. The second-order valence-corrected chi connectivity index (χ2v) is 5.31. The Morgan fingerprint density at radius 1 is 1.17 bits per heavy atom. The normalized spacial score (nSPS) is 9.65. The lowest BCUT2D eigenvalue weighted by atomic mass is 10.2. The van der Waals surface area contributed by atoms with Crippen LogP contribution in [0.5, 0.6) is 5.75 Å². The van der Waals surface area contributed by atoms with E-state index in [2.05, 4.69) is 17.2 Å². The Labute approximate surface area is 144 Å². The SMILES string of the molecule is O=C(NCC#Cc1cc(Cl)c(O)cc1Cl)OCc1ccccc1. The van der Waals surface area contributed by atoms with E-state index in [1.165, 1.54) is 12.1 Å². The summed E-state index contributed by atoms with van der Waals surface area (Å²) >= 11 is 11.7. The molecule has 1 amide bonds. The van der Waals surface area contributed by atoms with Gasteiger partial charge in [-0.15, -0.1) is 0 Å². The van der Waals surface area contributed by atoms with E-state index in [9.17, 15) is 9.90 Å². The topological polar surface area (TPSA) is 58.6 Å². The van der Waals surface area contributed by atoms with Crippen LogP contribution in [0.2, 0.25) is 10.0 Å². The van der Waals surface area contributed by atoms with Crippen molar-refractivity contribution >= 4 is 29.3 Å². The van der Waals surface area contributed by atoms with Crippen molar-refractivity contribution in [3.63, 3.8) is 0 Å². The molecule has 6 heteroatoms. The van der Waals surface area contributed by atoms with Gasteiger partial charge in [0.1, 0.15) is 12.4 Å². The minimum Gasteiger partial charge on any atom is -0.506 e. The van der Waals surface area contributed by atoms with E-state index in [1.807, 2.05) is 30.3 Å². The Hall–Kier alpha value is -2.35. The number of ether oxygens (including phenoxy) is 1. The maximum absolute atomic E-state index is 11.5. The summed E-state index contributed by atoms with van der Waals surface area (Å²) in [4.78, 5) is 11.5. The number of halogens is 2. The summed E-state index contributed by atoms with van der Waals surface area (Å²) in [6, 6.07) is 12.1. The van der Waals surface area contributed by atoms with Crippen molar-refractivity contribution in [2.24, 2.45) is 0 Å². The van der Waals surface area contributed by atoms with E-state index in [1.54, 1.807) is 0 Å². The third-order valence-electron chi connectivity index (χ3n) is 2.79. The standard InChI is InChI=1S/C17H13Cl2NO3/c18-14-10-16(21)15(19)9-13(14)7-4-8-20-17(22)23-11-12-5-2-1-3-6-12/h1-3,5-6,9-10,21H,8,11H2,(H,20,22). The highest BCUT2D eigenvalue weighted by atomic mass is 35.5. The van der Waals surface area contributed by atoms with Gasteiger partial charge in [-0.1, -0.05) is 65.4 Å². The van der Waals surface area contributed by atoms with Crippen LogP contribution >= 0.6 is 23.2 Å². The third-order valence-corrected chi connectivity index (χ3v) is 3.41. The van der Waals surface area contributed by atoms with E-state index in [0.717, 1.165) is 5.56 Å². The first-order valence-corrected chi connectivity index (χ1v) is 7.43. The van der Waals surface area contributed by atoms with Crippen LogP contribution in [0.4, 0.5) is 4.79 Å². The summed E-state index contributed by atoms with van der Waals surface area (Å²) in [6.07, 6.45) is -0.557. The van der Waals surface area contributed by atoms with E-state index in [-0.39, 0.29) is 28.9 Å². The molecule has 0 saturated carbocycles. The lowest BCUT2D eigenvalue weighted by Gasteiger charge is -2.04. The fourth-order valence-electron chi connectivity index (χ4n) is 1.66. The molecule has 0 heterocycles. The van der Waals surface area contributed by atoms with Gasteiger partial charge in [0.05, 0.1) is 16.6 Å². The number of benzene rings is 2. The minimum absolute atomic E-state index is 0.0997. The summed E-state index contributed by atoms with van der Waals surface area (Å²) in [5.41, 5.74) is 1.37. The van der Waals surface area contributed by atoms with Gasteiger partial charge in [0.25, 0.3) is 0 Å². The van der Waals surface area contributed by atoms with Gasteiger partial charge < -0.3 is 15.2 Å². The molecule has 0 saturated heterocycles. The zero-order valence-electron chi connectivity index (χ0n) is 12.0. The fourth-order valence-corrected chi connectivity index (χ4v) is 2.03. The summed E-state index contributed by atoms with van der Waals surface area (Å²) in [5.74, 6) is 5.39. The highest BCUT2D eigenvalue weighted by Gasteiger charge is 2.04. The predicted molar refractivity (Wildman–Crippen MR) is 89.6 cm³/mol. The Morgan fingerprint density at radius 2 is 1.91 bits per heavy atom. The quantitative estimate of drug-likeness (QED) is 0.824. The van der Waals surface area contributed by atoms with Gasteiger partial charge in [0.2, 0.25) is 0 Å². The van der Waals surface area contributed by atoms with Crippen LogP contribution in [0, 0.1) is 11.8 Å². The smallest absolute Gasteiger partial charge is 0.408 e. The van der Waals surface area contributed by atoms with Crippen LogP contribution in [0.1, 0.15) is 11.1 Å². The molecule has 4 nitrogen and oxygen atoms in total. The van der Waals surface area contributed by atoms with Crippen LogP contribution < -0.4 is 5.32 Å². The molecule has 0 aliphatic carbocycles. The molecule has 23 heavy (non-hydrogen) atoms. The zero-order chi connectivity index (χ0) is 16.7. The molecule has 0 aliphatic heterocycles. The highest BCUT2D eigenvalue weighted by molar-refractivity contribution is 6.35. The summed E-state index contributed by atoms with van der Waals surface area (Å²) in [7, 11) is 0. The maximum atomic E-state index is 11.5. The van der Waals surface area contributed by atoms with E-state index < -0.39 is 6.09 Å². The van der Waals surface area contributed by atoms with E-state index in [4.69, 9.17) is 27.9 Å². The van der Waals surface area contributed by atoms with Crippen LogP contribution in [0.3, 0.4) is 0 Å². The number of phenols is 1. The largest absolute Gasteiger partial charge is 0.506 e. The number of hydrogen-bond donors (Lipinski definition) is 2. The molecule has 2 aromatic carbocycles. The van der Waals surface area contributed by atoms with Gasteiger partial charge in [-0.3, -0.25) is 0 Å². The number of aromatic hydroxyl groups is 1. The van der Waals surface area contributed by atoms with Crippen molar-refractivity contribution in [1.29, 1.82) is 0 Å². The lowest BCUT2D eigenvalue weighted by molar-refractivity contribution is 0.141. The Balaban J connectivity index is 1.81. The molecule has 0 unspecified atom stereocenters. The number of phenolic OH excluding ortho intramolecular Hbond substituents is 1. The number of alkyl carbamates (subject to hydrolysis) is 1. The molecular formula is C17H13Cl2NO3. The molecule has 0 spiro atoms. The lowest BCUT2D eigenvalue weighted by Crippen LogP contribution is -2.24. The molecule has 2 aromatic rings. The number of carbonyl (C=O) groups excluding carboxylic acids is 1. The monoisotopic (exact) mass is 349 g/mol. The van der Waals surface area contributed by atoms with Gasteiger partial charge in [-0.25, -0.2) is 4.79 Å². The van der Waals surface area contributed by atoms with Gasteiger partial charge >= 0.3 is 6.09 Å². The predicted octanol–water partition coefficient (Wildman–Crippen LogP) is 3.98. The summed E-state index contributed by atoms with van der Waals surface area (Å²) in [5, 5.41) is 12.3. The number of rotatable bonds is 3. The molecule has 2 rings (SSSR count). The van der Waals surface area contributed by atoms with Crippen molar-refractivity contribution < 1.29 is 14.6 Å². The average molecular weight is 350 g/mol. The van der Waals surface area contributed by atoms with Crippen molar-refractivity contribution in [2.75, 3.05) is 6.54 Å². The van der Waals surface area contributed by atoms with Gasteiger partial charge in [-0.2, -0.15) is 0 Å². The second-order valence-electron chi connectivity index (χ2n) is 4.50. The molecule has 0 bridgehead atoms. The van der Waals surface area contributed by atoms with Gasteiger partial charge in [0.15, 0.2) is 0 Å². The summed E-state index contributed by atoms with van der Waals surface area (Å²) in [6.45, 7) is 0.294. The number of amides is 1.